The highest BCUT2D eigenvalue weighted by Gasteiger charge is 2.26. The van der Waals surface area contributed by atoms with Crippen molar-refractivity contribution in [2.24, 2.45) is 5.73 Å². The molecule has 0 aliphatic rings. The number of ether oxygens (including phenoxy) is 2. The average Bonchev–Trinajstić information content (AvgIpc) is 3.37. The number of carbonyl (C=O) groups is 3. The van der Waals surface area contributed by atoms with Crippen LogP contribution in [0.15, 0.2) is 30.5 Å². The number of nitrogens with zero attached hydrogens (tertiary/aromatic N) is 3. The Morgan fingerprint density at radius 1 is 1.32 bits per heavy atom. The minimum atomic E-state index is -0.763. The van der Waals surface area contributed by atoms with Gasteiger partial charge in [0.05, 0.1) is 22.0 Å². The van der Waals surface area contributed by atoms with Gasteiger partial charge >= 0.3 is 11.7 Å². The summed E-state index contributed by atoms with van der Waals surface area (Å²) in [4.78, 5) is 47.1. The van der Waals surface area contributed by atoms with Crippen LogP contribution >= 0.6 is 11.3 Å². The highest BCUT2D eigenvalue weighted by molar-refractivity contribution is 7.18. The highest BCUT2D eigenvalue weighted by atomic mass is 32.1. The zero-order chi connectivity index (χ0) is 25.0. The fourth-order valence-corrected chi connectivity index (χ4v) is 3.94. The number of thiophene rings is 1. The molecular formula is C20H18FN5O7S. The Kier molecular flexibility index (Phi) is 7.21. The van der Waals surface area contributed by atoms with Gasteiger partial charge in [-0.25, -0.2) is 13.9 Å². The van der Waals surface area contributed by atoms with Crippen molar-refractivity contribution < 1.29 is 33.2 Å². The van der Waals surface area contributed by atoms with Crippen LogP contribution in [0.4, 0.5) is 15.1 Å². The number of nitro benzene ring substituents is 1. The van der Waals surface area contributed by atoms with Crippen LogP contribution in [0.3, 0.4) is 0 Å². The molecular weight excluding hydrogens is 473 g/mol. The molecule has 178 valence electrons. The van der Waals surface area contributed by atoms with E-state index in [2.05, 4.69) is 10.4 Å². The predicted octanol–water partition coefficient (Wildman–Crippen LogP) is 2.86. The first-order chi connectivity index (χ1) is 16.1. The molecule has 0 saturated heterocycles. The zero-order valence-electron chi connectivity index (χ0n) is 17.9. The molecule has 2 heterocycles. The molecule has 0 aliphatic heterocycles. The van der Waals surface area contributed by atoms with Gasteiger partial charge in [-0.2, -0.15) is 5.10 Å². The topological polar surface area (TPSA) is 169 Å². The quantitative estimate of drug-likeness (QED) is 0.261. The van der Waals surface area contributed by atoms with Gasteiger partial charge in [-0.1, -0.05) is 0 Å². The summed E-state index contributed by atoms with van der Waals surface area (Å²) >= 11 is 0.825. The lowest BCUT2D eigenvalue weighted by atomic mass is 10.1. The standard InChI is InChI=1S/C20H18FN5O7S/c1-3-32-20(29)15-10(2)16(17(22)27)34-19(15)23-18(28)12-6-7-25(24-12)9-33-14-8-11(21)4-5-13(14)26(30)31/h4-8H,3,9H2,1-2H3,(H2,22,27)(H,23,28). The first kappa shape index (κ1) is 24.3. The number of aromatic nitrogens is 2. The second-order valence-corrected chi connectivity index (χ2v) is 7.70. The molecule has 12 nitrogen and oxygen atoms in total. The number of esters is 1. The van der Waals surface area contributed by atoms with E-state index in [0.717, 1.165) is 34.2 Å². The number of hydrogen-bond donors (Lipinski definition) is 2. The Bertz CT molecular complexity index is 1290. The van der Waals surface area contributed by atoms with Crippen LogP contribution in [0.2, 0.25) is 0 Å². The van der Waals surface area contributed by atoms with E-state index in [1.54, 1.807) is 6.92 Å². The number of nitrogens with one attached hydrogen (secondary N) is 1. The maximum Gasteiger partial charge on any atom is 0.341 e. The second kappa shape index (κ2) is 10.1. The van der Waals surface area contributed by atoms with Crippen molar-refractivity contribution in [3.05, 3.63) is 68.1 Å². The summed E-state index contributed by atoms with van der Waals surface area (Å²) in [6, 6.07) is 4.10. The fraction of sp³-hybridized carbons (Fsp3) is 0.200. The van der Waals surface area contributed by atoms with Crippen molar-refractivity contribution in [3.63, 3.8) is 0 Å². The molecule has 3 aromatic rings. The van der Waals surface area contributed by atoms with Crippen molar-refractivity contribution in [1.29, 1.82) is 0 Å². The number of primary amides is 1. The van der Waals surface area contributed by atoms with Crippen LogP contribution in [-0.2, 0) is 11.5 Å². The lowest BCUT2D eigenvalue weighted by Gasteiger charge is -2.07. The Balaban J connectivity index is 1.77. The maximum absolute atomic E-state index is 13.4. The van der Waals surface area contributed by atoms with Gasteiger partial charge in [0.15, 0.2) is 12.4 Å². The normalized spacial score (nSPS) is 10.6. The van der Waals surface area contributed by atoms with Crippen LogP contribution in [-0.4, -0.2) is 39.1 Å². The monoisotopic (exact) mass is 491 g/mol. The van der Waals surface area contributed by atoms with E-state index in [1.807, 2.05) is 0 Å². The molecule has 1 aromatic carbocycles. The summed E-state index contributed by atoms with van der Waals surface area (Å²) in [5.74, 6) is -3.23. The Hall–Kier alpha value is -4.33. The molecule has 34 heavy (non-hydrogen) atoms. The van der Waals surface area contributed by atoms with E-state index in [1.165, 1.54) is 19.2 Å². The zero-order valence-corrected chi connectivity index (χ0v) is 18.7. The molecule has 3 rings (SSSR count). The molecule has 0 bridgehead atoms. The van der Waals surface area contributed by atoms with Crippen molar-refractivity contribution in [1.82, 2.24) is 9.78 Å². The van der Waals surface area contributed by atoms with Gasteiger partial charge in [0.25, 0.3) is 11.8 Å². The minimum Gasteiger partial charge on any atom is -0.464 e. The van der Waals surface area contributed by atoms with Crippen molar-refractivity contribution in [3.8, 4) is 5.75 Å². The molecule has 0 unspecified atom stereocenters. The summed E-state index contributed by atoms with van der Waals surface area (Å²) in [6.07, 6.45) is 1.36. The van der Waals surface area contributed by atoms with Gasteiger partial charge in [-0.3, -0.25) is 19.7 Å². The van der Waals surface area contributed by atoms with Crippen LogP contribution in [0, 0.1) is 22.9 Å². The van der Waals surface area contributed by atoms with Gasteiger partial charge < -0.3 is 20.5 Å². The van der Waals surface area contributed by atoms with Crippen LogP contribution in [0.1, 0.15) is 43.0 Å². The van der Waals surface area contributed by atoms with Gasteiger partial charge in [0, 0.05) is 18.3 Å². The number of nitro groups is 1. The largest absolute Gasteiger partial charge is 0.464 e. The van der Waals surface area contributed by atoms with Gasteiger partial charge in [0.2, 0.25) is 5.75 Å². The van der Waals surface area contributed by atoms with Gasteiger partial charge in [-0.15, -0.1) is 11.3 Å². The van der Waals surface area contributed by atoms with E-state index in [-0.39, 0.29) is 45.8 Å². The molecule has 0 fully saturated rings. The average molecular weight is 491 g/mol. The molecule has 2 aromatic heterocycles. The Morgan fingerprint density at radius 3 is 2.71 bits per heavy atom. The number of carbonyl (C=O) groups excluding carboxylic acids is 3. The Morgan fingerprint density at radius 2 is 2.06 bits per heavy atom. The van der Waals surface area contributed by atoms with E-state index in [4.69, 9.17) is 15.2 Å². The van der Waals surface area contributed by atoms with E-state index < -0.39 is 34.2 Å². The lowest BCUT2D eigenvalue weighted by Crippen LogP contribution is -2.16. The predicted molar refractivity (Wildman–Crippen MR) is 117 cm³/mol. The molecule has 0 aliphatic carbocycles. The summed E-state index contributed by atoms with van der Waals surface area (Å²) in [5.41, 5.74) is 5.12. The molecule has 0 radical (unpaired) electrons. The third kappa shape index (κ3) is 5.17. The number of nitrogens with two attached hydrogens (primary N) is 1. The molecule has 0 spiro atoms. The molecule has 2 amide bonds. The van der Waals surface area contributed by atoms with Crippen molar-refractivity contribution in [2.45, 2.75) is 20.6 Å². The van der Waals surface area contributed by atoms with Gasteiger partial charge in [0.1, 0.15) is 10.8 Å². The number of benzene rings is 1. The second-order valence-electron chi connectivity index (χ2n) is 6.68. The van der Waals surface area contributed by atoms with Gasteiger partial charge in [-0.05, 0) is 31.5 Å². The molecule has 3 N–H and O–H groups in total. The third-order valence-electron chi connectivity index (χ3n) is 4.42. The molecule has 0 atom stereocenters. The van der Waals surface area contributed by atoms with Crippen LogP contribution < -0.4 is 15.8 Å². The van der Waals surface area contributed by atoms with Crippen LogP contribution in [0.25, 0.3) is 0 Å². The van der Waals surface area contributed by atoms with Crippen molar-refractivity contribution >= 4 is 39.8 Å². The van der Waals surface area contributed by atoms with E-state index in [9.17, 15) is 28.9 Å². The summed E-state index contributed by atoms with van der Waals surface area (Å²) in [5, 5.41) is 17.7. The Labute approximate surface area is 195 Å². The maximum atomic E-state index is 13.4. The van der Waals surface area contributed by atoms with E-state index in [0.29, 0.717) is 0 Å². The van der Waals surface area contributed by atoms with E-state index >= 15 is 0 Å². The number of hydrogen-bond acceptors (Lipinski definition) is 9. The fourth-order valence-electron chi connectivity index (χ4n) is 2.90. The number of anilines is 1. The first-order valence-electron chi connectivity index (χ1n) is 9.64. The third-order valence-corrected chi connectivity index (χ3v) is 5.64. The smallest absolute Gasteiger partial charge is 0.341 e. The summed E-state index contributed by atoms with van der Waals surface area (Å²) in [7, 11) is 0. The van der Waals surface area contributed by atoms with Crippen molar-refractivity contribution in [2.75, 3.05) is 11.9 Å². The SMILES string of the molecule is CCOC(=O)c1c(NC(=O)c2ccn(COc3cc(F)ccc3[N+](=O)[O-])n2)sc(C(N)=O)c1C. The number of halogens is 1. The first-order valence-corrected chi connectivity index (χ1v) is 10.5. The summed E-state index contributed by atoms with van der Waals surface area (Å²) in [6.45, 7) is 2.85. The molecule has 0 saturated carbocycles. The lowest BCUT2D eigenvalue weighted by molar-refractivity contribution is -0.386. The summed E-state index contributed by atoms with van der Waals surface area (Å²) < 4.78 is 24.9. The highest BCUT2D eigenvalue weighted by Crippen LogP contribution is 2.34. The number of amides is 2. The molecule has 14 heteroatoms. The number of rotatable bonds is 9. The van der Waals surface area contributed by atoms with Crippen LogP contribution in [0.5, 0.6) is 5.75 Å². The minimum absolute atomic E-state index is 0.00943.